The number of nitrogen functional groups attached to an aromatic ring is 2. The molecule has 6 nitrogen and oxygen atoms in total. The minimum absolute atomic E-state index is 0.232. The van der Waals surface area contributed by atoms with Crippen molar-refractivity contribution in [3.63, 3.8) is 0 Å². The lowest BCUT2D eigenvalue weighted by molar-refractivity contribution is 0.481. The zero-order chi connectivity index (χ0) is 15.5. The van der Waals surface area contributed by atoms with Crippen LogP contribution in [0.1, 0.15) is 18.1 Å². The second-order valence-corrected chi connectivity index (χ2v) is 5.73. The SMILES string of the molecule is C[C@H]1CN(c2nc(N)nc(N)c2Cc2ccccc2)CCN1. The van der Waals surface area contributed by atoms with E-state index < -0.39 is 0 Å². The number of benzene rings is 1. The summed E-state index contributed by atoms with van der Waals surface area (Å²) in [6.45, 7) is 4.87. The molecule has 0 aliphatic carbocycles. The van der Waals surface area contributed by atoms with Gasteiger partial charge in [-0.15, -0.1) is 0 Å². The Balaban J connectivity index is 1.97. The molecular formula is C16H22N6. The lowest BCUT2D eigenvalue weighted by Crippen LogP contribution is -2.50. The van der Waals surface area contributed by atoms with E-state index in [-0.39, 0.29) is 5.95 Å². The minimum Gasteiger partial charge on any atom is -0.383 e. The van der Waals surface area contributed by atoms with Crippen LogP contribution < -0.4 is 21.7 Å². The predicted molar refractivity (Wildman–Crippen MR) is 89.8 cm³/mol. The van der Waals surface area contributed by atoms with Crippen LogP contribution in [-0.4, -0.2) is 35.6 Å². The van der Waals surface area contributed by atoms with Gasteiger partial charge in [0.15, 0.2) is 0 Å². The topological polar surface area (TPSA) is 93.1 Å². The third-order valence-electron chi connectivity index (χ3n) is 3.93. The predicted octanol–water partition coefficient (Wildman–Crippen LogP) is 1.03. The smallest absolute Gasteiger partial charge is 0.223 e. The summed E-state index contributed by atoms with van der Waals surface area (Å²) in [7, 11) is 0. The van der Waals surface area contributed by atoms with Crippen molar-refractivity contribution >= 4 is 17.6 Å². The molecule has 1 aromatic carbocycles. The van der Waals surface area contributed by atoms with Crippen LogP contribution in [0.25, 0.3) is 0 Å². The number of piperazine rings is 1. The number of aromatic nitrogens is 2. The second-order valence-electron chi connectivity index (χ2n) is 5.73. The maximum absolute atomic E-state index is 6.14. The molecule has 3 rings (SSSR count). The molecule has 1 aliphatic heterocycles. The molecule has 5 N–H and O–H groups in total. The molecule has 6 heteroatoms. The van der Waals surface area contributed by atoms with Crippen molar-refractivity contribution in [2.45, 2.75) is 19.4 Å². The van der Waals surface area contributed by atoms with Crippen LogP contribution in [0.5, 0.6) is 0 Å². The minimum atomic E-state index is 0.232. The van der Waals surface area contributed by atoms with Gasteiger partial charge < -0.3 is 21.7 Å². The van der Waals surface area contributed by atoms with Gasteiger partial charge in [0, 0.05) is 37.7 Å². The Kier molecular flexibility index (Phi) is 4.11. The summed E-state index contributed by atoms with van der Waals surface area (Å²) in [6, 6.07) is 10.6. The molecule has 22 heavy (non-hydrogen) atoms. The van der Waals surface area contributed by atoms with Gasteiger partial charge in [0.2, 0.25) is 5.95 Å². The van der Waals surface area contributed by atoms with Crippen LogP contribution in [0.4, 0.5) is 17.6 Å². The highest BCUT2D eigenvalue weighted by Gasteiger charge is 2.22. The van der Waals surface area contributed by atoms with Crippen LogP contribution in [0, 0.1) is 0 Å². The van der Waals surface area contributed by atoms with Crippen molar-refractivity contribution < 1.29 is 0 Å². The van der Waals surface area contributed by atoms with E-state index in [1.165, 1.54) is 5.56 Å². The Morgan fingerprint density at radius 1 is 1.23 bits per heavy atom. The first-order chi connectivity index (χ1) is 10.6. The second kappa shape index (κ2) is 6.19. The zero-order valence-electron chi connectivity index (χ0n) is 12.8. The standard InChI is InChI=1S/C16H22N6/c1-11-10-22(8-7-19-11)15-13(14(17)20-16(18)21-15)9-12-5-3-2-4-6-12/h2-6,11,19H,7-10H2,1H3,(H4,17,18,20,21)/t11-/m0/s1. The largest absolute Gasteiger partial charge is 0.383 e. The van der Waals surface area contributed by atoms with Gasteiger partial charge in [-0.25, -0.2) is 0 Å². The maximum Gasteiger partial charge on any atom is 0.223 e. The molecule has 1 aromatic heterocycles. The van der Waals surface area contributed by atoms with Gasteiger partial charge in [-0.1, -0.05) is 30.3 Å². The van der Waals surface area contributed by atoms with Crippen LogP contribution in [0.2, 0.25) is 0 Å². The number of hydrogen-bond acceptors (Lipinski definition) is 6. The molecule has 1 aliphatic rings. The first-order valence-electron chi connectivity index (χ1n) is 7.57. The van der Waals surface area contributed by atoms with Crippen molar-refractivity contribution in [2.24, 2.45) is 0 Å². The Bertz CT molecular complexity index is 643. The highest BCUT2D eigenvalue weighted by Crippen LogP contribution is 2.27. The average molecular weight is 298 g/mol. The molecule has 0 amide bonds. The van der Waals surface area contributed by atoms with E-state index in [4.69, 9.17) is 11.5 Å². The number of nitrogens with one attached hydrogen (secondary N) is 1. The van der Waals surface area contributed by atoms with Gasteiger partial charge in [0.05, 0.1) is 0 Å². The summed E-state index contributed by atoms with van der Waals surface area (Å²) in [5.74, 6) is 1.57. The highest BCUT2D eigenvalue weighted by molar-refractivity contribution is 5.61. The monoisotopic (exact) mass is 298 g/mol. The molecule has 1 atom stereocenters. The maximum atomic E-state index is 6.14. The third kappa shape index (κ3) is 3.12. The Morgan fingerprint density at radius 2 is 2.00 bits per heavy atom. The average Bonchev–Trinajstić information content (AvgIpc) is 2.51. The Labute approximate surface area is 130 Å². The molecule has 0 spiro atoms. The van der Waals surface area contributed by atoms with Crippen molar-refractivity contribution in [2.75, 3.05) is 36.0 Å². The van der Waals surface area contributed by atoms with Crippen molar-refractivity contribution in [3.05, 3.63) is 41.5 Å². The van der Waals surface area contributed by atoms with Gasteiger partial charge in [-0.05, 0) is 12.5 Å². The molecule has 2 heterocycles. The fraction of sp³-hybridized carbons (Fsp3) is 0.375. The Hall–Kier alpha value is -2.34. The van der Waals surface area contributed by atoms with Crippen molar-refractivity contribution in [3.8, 4) is 0 Å². The molecular weight excluding hydrogens is 276 g/mol. The van der Waals surface area contributed by atoms with Crippen LogP contribution in [-0.2, 0) is 6.42 Å². The highest BCUT2D eigenvalue weighted by atomic mass is 15.3. The number of hydrogen-bond donors (Lipinski definition) is 3. The number of rotatable bonds is 3. The van der Waals surface area contributed by atoms with E-state index in [0.717, 1.165) is 31.0 Å². The van der Waals surface area contributed by atoms with Gasteiger partial charge >= 0.3 is 0 Å². The fourth-order valence-electron chi connectivity index (χ4n) is 2.86. The molecule has 116 valence electrons. The van der Waals surface area contributed by atoms with Crippen molar-refractivity contribution in [1.82, 2.24) is 15.3 Å². The van der Waals surface area contributed by atoms with Crippen LogP contribution in [0.3, 0.4) is 0 Å². The summed E-state index contributed by atoms with van der Waals surface area (Å²) in [4.78, 5) is 10.9. The van der Waals surface area contributed by atoms with Crippen LogP contribution in [0.15, 0.2) is 30.3 Å². The van der Waals surface area contributed by atoms with Gasteiger partial charge in [0.1, 0.15) is 11.6 Å². The zero-order valence-corrected chi connectivity index (χ0v) is 12.8. The molecule has 0 radical (unpaired) electrons. The quantitative estimate of drug-likeness (QED) is 0.784. The molecule has 1 saturated heterocycles. The molecule has 0 saturated carbocycles. The van der Waals surface area contributed by atoms with Crippen LogP contribution >= 0.6 is 0 Å². The number of nitrogens with two attached hydrogens (primary N) is 2. The number of anilines is 3. The number of nitrogens with zero attached hydrogens (tertiary/aromatic N) is 3. The molecule has 1 fully saturated rings. The lowest BCUT2D eigenvalue weighted by atomic mass is 10.0. The van der Waals surface area contributed by atoms with E-state index in [1.54, 1.807) is 0 Å². The summed E-state index contributed by atoms with van der Waals surface area (Å²) >= 11 is 0. The molecule has 2 aromatic rings. The van der Waals surface area contributed by atoms with E-state index in [0.29, 0.717) is 18.3 Å². The van der Waals surface area contributed by atoms with Gasteiger partial charge in [0.25, 0.3) is 0 Å². The lowest BCUT2D eigenvalue weighted by Gasteiger charge is -2.34. The Morgan fingerprint density at radius 3 is 2.73 bits per heavy atom. The van der Waals surface area contributed by atoms with Crippen molar-refractivity contribution in [1.29, 1.82) is 0 Å². The fourth-order valence-corrected chi connectivity index (χ4v) is 2.86. The molecule has 0 unspecified atom stereocenters. The molecule has 0 bridgehead atoms. The van der Waals surface area contributed by atoms with E-state index in [2.05, 4.69) is 39.2 Å². The van der Waals surface area contributed by atoms with E-state index >= 15 is 0 Å². The normalized spacial score (nSPS) is 18.4. The summed E-state index contributed by atoms with van der Waals surface area (Å²) in [5, 5.41) is 3.43. The van der Waals surface area contributed by atoms with E-state index in [9.17, 15) is 0 Å². The summed E-state index contributed by atoms with van der Waals surface area (Å²) in [6.07, 6.45) is 0.709. The first-order valence-corrected chi connectivity index (χ1v) is 7.57. The summed E-state index contributed by atoms with van der Waals surface area (Å²) < 4.78 is 0. The third-order valence-corrected chi connectivity index (χ3v) is 3.93. The van der Waals surface area contributed by atoms with Gasteiger partial charge in [-0.3, -0.25) is 0 Å². The first kappa shape index (κ1) is 14.6. The van der Waals surface area contributed by atoms with Gasteiger partial charge in [-0.2, -0.15) is 9.97 Å². The van der Waals surface area contributed by atoms with E-state index in [1.807, 2.05) is 18.2 Å². The summed E-state index contributed by atoms with van der Waals surface area (Å²) in [5.41, 5.74) is 14.1.